The van der Waals surface area contributed by atoms with Gasteiger partial charge in [-0.05, 0) is 77.4 Å². The number of aryl methyl sites for hydroxylation is 1. The third kappa shape index (κ3) is 4.31. The molecule has 2 rings (SSSR count). The summed E-state index contributed by atoms with van der Waals surface area (Å²) < 4.78 is 1.10. The third-order valence-electron chi connectivity index (χ3n) is 2.91. The largest absolute Gasteiger partial charge is 0.396 e. The summed E-state index contributed by atoms with van der Waals surface area (Å²) in [7, 11) is 0. The first-order chi connectivity index (χ1) is 9.69. The van der Waals surface area contributed by atoms with E-state index < -0.39 is 0 Å². The van der Waals surface area contributed by atoms with Crippen molar-refractivity contribution in [2.24, 2.45) is 0 Å². The van der Waals surface area contributed by atoms with Crippen molar-refractivity contribution in [1.29, 1.82) is 0 Å². The summed E-state index contributed by atoms with van der Waals surface area (Å²) in [6, 6.07) is 15.2. The van der Waals surface area contributed by atoms with Crippen molar-refractivity contribution in [3.05, 3.63) is 63.2 Å². The van der Waals surface area contributed by atoms with E-state index in [1.807, 2.05) is 48.5 Å². The van der Waals surface area contributed by atoms with E-state index in [1.54, 1.807) is 0 Å². The Morgan fingerprint density at radius 1 is 1.15 bits per heavy atom. The van der Waals surface area contributed by atoms with Crippen molar-refractivity contribution in [3.63, 3.8) is 0 Å². The van der Waals surface area contributed by atoms with Crippen LogP contribution in [0.25, 0.3) is 0 Å². The van der Waals surface area contributed by atoms with E-state index in [0.29, 0.717) is 5.56 Å². The van der Waals surface area contributed by atoms with Crippen molar-refractivity contribution < 1.29 is 9.90 Å². The van der Waals surface area contributed by atoms with Gasteiger partial charge in [0.2, 0.25) is 0 Å². The van der Waals surface area contributed by atoms with Crippen LogP contribution in [0.5, 0.6) is 0 Å². The normalized spacial score (nSPS) is 10.3. The Balaban J connectivity index is 2.05. The van der Waals surface area contributed by atoms with Crippen LogP contribution in [0.15, 0.2) is 48.5 Å². The molecule has 2 aromatic carbocycles. The summed E-state index contributed by atoms with van der Waals surface area (Å²) in [5.41, 5.74) is 2.54. The van der Waals surface area contributed by atoms with Gasteiger partial charge in [-0.1, -0.05) is 12.1 Å². The van der Waals surface area contributed by atoms with Gasteiger partial charge in [0.25, 0.3) is 5.91 Å². The number of nitrogens with one attached hydrogen (secondary N) is 1. The smallest absolute Gasteiger partial charge is 0.255 e. The summed E-state index contributed by atoms with van der Waals surface area (Å²) in [5, 5.41) is 11.7. The number of amides is 1. The summed E-state index contributed by atoms with van der Waals surface area (Å²) in [5.74, 6) is -0.110. The van der Waals surface area contributed by atoms with Crippen LogP contribution in [-0.2, 0) is 6.42 Å². The van der Waals surface area contributed by atoms with Crippen LogP contribution >= 0.6 is 22.6 Å². The van der Waals surface area contributed by atoms with Crippen molar-refractivity contribution >= 4 is 34.2 Å². The number of carbonyl (C=O) groups is 1. The Labute approximate surface area is 132 Å². The molecule has 0 aliphatic rings. The highest BCUT2D eigenvalue weighted by Crippen LogP contribution is 2.14. The molecule has 0 bridgehead atoms. The maximum absolute atomic E-state index is 12.1. The fourth-order valence-corrected chi connectivity index (χ4v) is 2.25. The summed E-state index contributed by atoms with van der Waals surface area (Å²) >= 11 is 2.21. The van der Waals surface area contributed by atoms with E-state index in [0.717, 1.165) is 27.7 Å². The molecule has 20 heavy (non-hydrogen) atoms. The molecule has 0 radical (unpaired) electrons. The van der Waals surface area contributed by atoms with E-state index in [4.69, 9.17) is 5.11 Å². The lowest BCUT2D eigenvalue weighted by Crippen LogP contribution is -2.11. The van der Waals surface area contributed by atoms with Crippen LogP contribution in [0.3, 0.4) is 0 Å². The van der Waals surface area contributed by atoms with Crippen molar-refractivity contribution in [2.75, 3.05) is 11.9 Å². The van der Waals surface area contributed by atoms with Gasteiger partial charge >= 0.3 is 0 Å². The molecule has 0 heterocycles. The monoisotopic (exact) mass is 381 g/mol. The first-order valence-corrected chi connectivity index (χ1v) is 7.53. The molecule has 0 saturated heterocycles. The molecular weight excluding hydrogens is 365 g/mol. The van der Waals surface area contributed by atoms with Crippen molar-refractivity contribution in [3.8, 4) is 0 Å². The minimum absolute atomic E-state index is 0.110. The number of anilines is 1. The van der Waals surface area contributed by atoms with Crippen LogP contribution in [-0.4, -0.2) is 17.6 Å². The minimum Gasteiger partial charge on any atom is -0.396 e. The van der Waals surface area contributed by atoms with Crippen LogP contribution in [0.4, 0.5) is 5.69 Å². The number of benzene rings is 2. The topological polar surface area (TPSA) is 49.3 Å². The Hall–Kier alpha value is -1.40. The van der Waals surface area contributed by atoms with Gasteiger partial charge in [0, 0.05) is 21.4 Å². The van der Waals surface area contributed by atoms with Gasteiger partial charge in [-0.2, -0.15) is 0 Å². The van der Waals surface area contributed by atoms with Crippen LogP contribution in [0, 0.1) is 3.57 Å². The van der Waals surface area contributed by atoms with Crippen LogP contribution in [0.1, 0.15) is 22.3 Å². The molecule has 0 fully saturated rings. The lowest BCUT2D eigenvalue weighted by molar-refractivity contribution is 0.102. The highest BCUT2D eigenvalue weighted by atomic mass is 127. The molecule has 3 nitrogen and oxygen atoms in total. The molecule has 0 saturated carbocycles. The molecule has 0 spiro atoms. The standard InChI is InChI=1S/C16H16INO2/c17-14-8-6-13(7-9-14)16(20)18-15-5-1-3-12(11-15)4-2-10-19/h1,3,5-9,11,19H,2,4,10H2,(H,18,20). The van der Waals surface area contributed by atoms with E-state index >= 15 is 0 Å². The number of halogens is 1. The van der Waals surface area contributed by atoms with Gasteiger partial charge in [-0.3, -0.25) is 4.79 Å². The van der Waals surface area contributed by atoms with E-state index in [1.165, 1.54) is 0 Å². The second-order valence-corrected chi connectivity index (χ2v) is 5.73. The molecule has 0 atom stereocenters. The maximum atomic E-state index is 12.1. The first-order valence-electron chi connectivity index (χ1n) is 6.46. The molecule has 0 aromatic heterocycles. The van der Waals surface area contributed by atoms with Gasteiger partial charge in [-0.25, -0.2) is 0 Å². The lowest BCUT2D eigenvalue weighted by atomic mass is 10.1. The highest BCUT2D eigenvalue weighted by molar-refractivity contribution is 14.1. The average Bonchev–Trinajstić information content (AvgIpc) is 2.46. The molecular formula is C16H16INO2. The van der Waals surface area contributed by atoms with Gasteiger partial charge in [0.05, 0.1) is 0 Å². The zero-order chi connectivity index (χ0) is 14.4. The average molecular weight is 381 g/mol. The number of hydrogen-bond acceptors (Lipinski definition) is 2. The maximum Gasteiger partial charge on any atom is 0.255 e. The first kappa shape index (κ1) is 15.0. The Bertz CT molecular complexity index is 581. The van der Waals surface area contributed by atoms with Crippen LogP contribution in [0.2, 0.25) is 0 Å². The molecule has 0 aliphatic heterocycles. The predicted octanol–water partition coefficient (Wildman–Crippen LogP) is 3.47. The van der Waals surface area contributed by atoms with Crippen molar-refractivity contribution in [1.82, 2.24) is 0 Å². The van der Waals surface area contributed by atoms with E-state index in [9.17, 15) is 4.79 Å². The number of rotatable bonds is 5. The second-order valence-electron chi connectivity index (χ2n) is 4.49. The number of carbonyl (C=O) groups excluding carboxylic acids is 1. The Morgan fingerprint density at radius 2 is 1.90 bits per heavy atom. The quantitative estimate of drug-likeness (QED) is 0.780. The Kier molecular flexibility index (Phi) is 5.55. The highest BCUT2D eigenvalue weighted by Gasteiger charge is 2.06. The molecule has 2 N–H and O–H groups in total. The van der Waals surface area contributed by atoms with E-state index in [2.05, 4.69) is 27.9 Å². The fraction of sp³-hybridized carbons (Fsp3) is 0.188. The zero-order valence-corrected chi connectivity index (χ0v) is 13.1. The SMILES string of the molecule is O=C(Nc1cccc(CCCO)c1)c1ccc(I)cc1. The Morgan fingerprint density at radius 3 is 2.60 bits per heavy atom. The van der Waals surface area contributed by atoms with Gasteiger partial charge in [-0.15, -0.1) is 0 Å². The third-order valence-corrected chi connectivity index (χ3v) is 3.63. The van der Waals surface area contributed by atoms with Gasteiger partial charge in [0.1, 0.15) is 0 Å². The fourth-order valence-electron chi connectivity index (χ4n) is 1.89. The predicted molar refractivity (Wildman–Crippen MR) is 89.0 cm³/mol. The number of aliphatic hydroxyl groups is 1. The number of aliphatic hydroxyl groups excluding tert-OH is 1. The number of hydrogen-bond donors (Lipinski definition) is 2. The molecule has 104 valence electrons. The summed E-state index contributed by atoms with van der Waals surface area (Å²) in [6.07, 6.45) is 1.54. The molecule has 4 heteroatoms. The van der Waals surface area contributed by atoms with Gasteiger partial charge < -0.3 is 10.4 Å². The molecule has 2 aromatic rings. The van der Waals surface area contributed by atoms with Gasteiger partial charge in [0.15, 0.2) is 0 Å². The lowest BCUT2D eigenvalue weighted by Gasteiger charge is -2.07. The van der Waals surface area contributed by atoms with Crippen molar-refractivity contribution in [2.45, 2.75) is 12.8 Å². The molecule has 0 unspecified atom stereocenters. The summed E-state index contributed by atoms with van der Waals surface area (Å²) in [6.45, 7) is 0.180. The second kappa shape index (κ2) is 7.40. The zero-order valence-electron chi connectivity index (χ0n) is 11.0. The van der Waals surface area contributed by atoms with E-state index in [-0.39, 0.29) is 12.5 Å². The minimum atomic E-state index is -0.110. The molecule has 0 aliphatic carbocycles. The van der Waals surface area contributed by atoms with Crippen LogP contribution < -0.4 is 5.32 Å². The molecule has 1 amide bonds. The summed E-state index contributed by atoms with van der Waals surface area (Å²) in [4.78, 5) is 12.1.